The molecular formula is C8H18CoO2Si-2. The van der Waals surface area contributed by atoms with Gasteiger partial charge < -0.3 is 17.0 Å². The summed E-state index contributed by atoms with van der Waals surface area (Å²) in [5.41, 5.74) is 0. The van der Waals surface area contributed by atoms with Gasteiger partial charge in [0.15, 0.2) is 0 Å². The molecule has 0 aliphatic heterocycles. The average Bonchev–Trinajstić information content (AvgIpc) is 1.90. The molecule has 0 aromatic heterocycles. The van der Waals surface area contributed by atoms with E-state index in [2.05, 4.69) is 41.4 Å². The van der Waals surface area contributed by atoms with Gasteiger partial charge in [-0.1, -0.05) is 6.55 Å². The van der Waals surface area contributed by atoms with Gasteiger partial charge in [0.1, 0.15) is 0 Å². The van der Waals surface area contributed by atoms with Gasteiger partial charge >= 0.3 is 19.5 Å². The normalized spacial score (nSPS) is 10.2. The van der Waals surface area contributed by atoms with Crippen LogP contribution in [0.1, 0.15) is 20.8 Å². The van der Waals surface area contributed by atoms with Crippen LogP contribution in [-0.4, -0.2) is 15.1 Å². The van der Waals surface area contributed by atoms with Crippen molar-refractivity contribution in [2.75, 3.05) is 0 Å². The molecule has 0 heterocycles. The Labute approximate surface area is 85.9 Å². The quantitative estimate of drug-likeness (QED) is 0.538. The molecule has 0 spiro atoms. The van der Waals surface area contributed by atoms with E-state index in [9.17, 15) is 0 Å². The van der Waals surface area contributed by atoms with Gasteiger partial charge in [-0.2, -0.15) is 6.92 Å². The number of hydrogen-bond donors (Lipinski definition) is 0. The zero-order valence-electron chi connectivity index (χ0n) is 8.22. The predicted octanol–water partition coefficient (Wildman–Crippen LogP) is 2.01. The molecule has 0 saturated carbocycles. The first-order valence-corrected chi connectivity index (χ1v) is 6.47. The summed E-state index contributed by atoms with van der Waals surface area (Å²) in [7, 11) is -0.978. The zero-order chi connectivity index (χ0) is 10.6. The summed E-state index contributed by atoms with van der Waals surface area (Å²) in [5.74, 6) is 0. The van der Waals surface area contributed by atoms with Crippen LogP contribution in [0.25, 0.3) is 0 Å². The Kier molecular flexibility index (Phi) is 26.2. The van der Waals surface area contributed by atoms with E-state index in [0.717, 1.165) is 0 Å². The molecule has 2 nitrogen and oxygen atoms in total. The van der Waals surface area contributed by atoms with Gasteiger partial charge in [-0.3, -0.25) is 6.58 Å². The first kappa shape index (κ1) is 18.1. The number of rotatable bonds is 2. The van der Waals surface area contributed by atoms with Crippen molar-refractivity contribution in [2.24, 2.45) is 0 Å². The van der Waals surface area contributed by atoms with Gasteiger partial charge in [-0.05, 0) is 13.8 Å². The monoisotopic (exact) mass is 233 g/mol. The molecule has 0 saturated heterocycles. The molecule has 0 aliphatic rings. The first-order chi connectivity index (χ1) is 5.54. The molecule has 0 amide bonds. The van der Waals surface area contributed by atoms with Crippen molar-refractivity contribution in [3.63, 3.8) is 0 Å². The molecule has 1 unspecified atom stereocenters. The minimum atomic E-state index is -0.978. The summed E-state index contributed by atoms with van der Waals surface area (Å²) in [6.07, 6.45) is 2.87. The van der Waals surface area contributed by atoms with Crippen LogP contribution >= 0.6 is 0 Å². The molecule has 1 atom stereocenters. The maximum absolute atomic E-state index is 7.94. The summed E-state index contributed by atoms with van der Waals surface area (Å²) >= 11 is 2.31. The molecule has 0 rings (SSSR count). The van der Waals surface area contributed by atoms with E-state index in [1.54, 1.807) is 6.92 Å². The summed E-state index contributed by atoms with van der Waals surface area (Å²) < 4.78 is 13.2. The van der Waals surface area contributed by atoms with Crippen molar-refractivity contribution >= 4 is 9.04 Å². The third-order valence-electron chi connectivity index (χ3n) is 0.504. The zero-order valence-corrected chi connectivity index (χ0v) is 10.4. The third-order valence-corrected chi connectivity index (χ3v) is 1.51. The molecule has 0 aromatic carbocycles. The first-order valence-electron chi connectivity index (χ1n) is 3.60. The van der Waals surface area contributed by atoms with Gasteiger partial charge in [0, 0.05) is 15.1 Å². The molecule has 0 radical (unpaired) electrons. The van der Waals surface area contributed by atoms with E-state index in [1.807, 2.05) is 13.8 Å². The topological polar surface area (TPSA) is 26.3 Å². The Balaban J connectivity index is -0.000000137. The second-order valence-corrected chi connectivity index (χ2v) is 4.24. The molecule has 0 fully saturated rings. The van der Waals surface area contributed by atoms with Crippen LogP contribution in [0.5, 0.6) is 0 Å². The van der Waals surface area contributed by atoms with Gasteiger partial charge in [-0.15, -0.1) is 0 Å². The van der Waals surface area contributed by atoms with Crippen LogP contribution in [-0.2, 0) is 24.0 Å². The predicted molar refractivity (Wildman–Crippen MR) is 49.8 cm³/mol. The van der Waals surface area contributed by atoms with Crippen molar-refractivity contribution in [2.45, 2.75) is 33.4 Å². The van der Waals surface area contributed by atoms with E-state index >= 15 is 0 Å². The van der Waals surface area contributed by atoms with E-state index in [1.165, 1.54) is 0 Å². The van der Waals surface area contributed by atoms with Gasteiger partial charge in [0.05, 0.1) is 0 Å². The second kappa shape index (κ2) is 17.3. The molecule has 4 heteroatoms. The van der Waals surface area contributed by atoms with Crippen LogP contribution < -0.4 is 0 Å². The summed E-state index contributed by atoms with van der Waals surface area (Å²) in [5, 5.41) is 0. The molecule has 0 bridgehead atoms. The number of hydrogen-bond acceptors (Lipinski definition) is 2. The standard InChI is InChI=1S/C5H13OSi.C3H5.Co.O/c1-5(2)6-7(3)4;1-3-2;;/h5,7H,3H2,1-2,4H3;1H2,2H3;;/q2*-1;;. The van der Waals surface area contributed by atoms with Crippen molar-refractivity contribution in [1.82, 2.24) is 0 Å². The molecule has 0 aliphatic carbocycles. The molecule has 0 aromatic rings. The molecule has 12 heavy (non-hydrogen) atoms. The fourth-order valence-corrected chi connectivity index (χ4v) is 1.39. The Hall–Kier alpha value is 0.223. The average molecular weight is 233 g/mol. The van der Waals surface area contributed by atoms with Crippen LogP contribution in [0.2, 0.25) is 6.55 Å². The fraction of sp³-hybridized carbons (Fsp3) is 0.625. The fourth-order valence-electron chi connectivity index (χ4n) is 0.465. The van der Waals surface area contributed by atoms with Gasteiger partial charge in [0.2, 0.25) is 0 Å². The van der Waals surface area contributed by atoms with Crippen LogP contribution in [0.15, 0.2) is 6.58 Å². The molecular weight excluding hydrogens is 215 g/mol. The summed E-state index contributed by atoms with van der Waals surface area (Å²) in [6.45, 7) is 14.9. The Morgan fingerprint density at radius 3 is 1.83 bits per heavy atom. The van der Waals surface area contributed by atoms with Crippen molar-refractivity contribution in [3.05, 3.63) is 19.2 Å². The van der Waals surface area contributed by atoms with Crippen molar-refractivity contribution < 1.29 is 24.0 Å². The molecule has 0 N–H and O–H groups in total. The SMILES string of the molecule is C=[C-]C.[CH2-][SiH](C)OC(C)C.[O]=[Co]. The van der Waals surface area contributed by atoms with Crippen molar-refractivity contribution in [1.29, 1.82) is 0 Å². The van der Waals surface area contributed by atoms with E-state index in [-0.39, 0.29) is 0 Å². The Morgan fingerprint density at radius 2 is 1.83 bits per heavy atom. The summed E-state index contributed by atoms with van der Waals surface area (Å²) in [6, 6.07) is 0. The van der Waals surface area contributed by atoms with Crippen LogP contribution in [0.4, 0.5) is 0 Å². The Bertz CT molecular complexity index is 81.1. The van der Waals surface area contributed by atoms with E-state index < -0.39 is 9.04 Å². The molecule has 77 valence electrons. The minimum absolute atomic E-state index is 0.374. The second-order valence-electron chi connectivity index (χ2n) is 2.35. The van der Waals surface area contributed by atoms with Crippen molar-refractivity contribution in [3.8, 4) is 0 Å². The summed E-state index contributed by atoms with van der Waals surface area (Å²) in [4.78, 5) is 0. The van der Waals surface area contributed by atoms with Crippen LogP contribution in [0, 0.1) is 12.6 Å². The maximum atomic E-state index is 7.94. The van der Waals surface area contributed by atoms with Crippen LogP contribution in [0.3, 0.4) is 0 Å². The third kappa shape index (κ3) is 48.8. The van der Waals surface area contributed by atoms with Gasteiger partial charge in [-0.25, -0.2) is 0 Å². The van der Waals surface area contributed by atoms with Gasteiger partial charge in [0.25, 0.3) is 0 Å². The van der Waals surface area contributed by atoms with E-state index in [0.29, 0.717) is 6.10 Å². The van der Waals surface area contributed by atoms with E-state index in [4.69, 9.17) is 8.29 Å². The number of allylic oxidation sites excluding steroid dienone is 1. The Morgan fingerprint density at radius 1 is 1.58 bits per heavy atom.